The maximum atomic E-state index is 12.7. The summed E-state index contributed by atoms with van der Waals surface area (Å²) < 4.78 is 27.3. The lowest BCUT2D eigenvalue weighted by atomic mass is 10.1. The Bertz CT molecular complexity index is 710. The molecule has 25 heavy (non-hydrogen) atoms. The normalized spacial score (nSPS) is 25.4. The first-order valence-corrected chi connectivity index (χ1v) is 11.3. The van der Waals surface area contributed by atoms with Crippen molar-refractivity contribution in [3.8, 4) is 0 Å². The third-order valence-electron chi connectivity index (χ3n) is 5.19. The number of nitrogens with zero attached hydrogens (tertiary/aromatic N) is 2. The van der Waals surface area contributed by atoms with Gasteiger partial charge in [-0.2, -0.15) is 4.31 Å². The molecule has 1 amide bonds. The first-order chi connectivity index (χ1) is 11.9. The lowest BCUT2D eigenvalue weighted by molar-refractivity contribution is -0.131. The number of amides is 1. The molecule has 6 nitrogen and oxygen atoms in total. The third kappa shape index (κ3) is 4.07. The van der Waals surface area contributed by atoms with Crippen molar-refractivity contribution in [2.45, 2.75) is 49.3 Å². The second-order valence-electron chi connectivity index (χ2n) is 7.09. The fourth-order valence-electron chi connectivity index (χ4n) is 3.74. The number of thiophene rings is 1. The van der Waals surface area contributed by atoms with Crippen LogP contribution < -0.4 is 5.73 Å². The molecule has 1 aromatic heterocycles. The number of rotatable bonds is 5. The van der Waals surface area contributed by atoms with Crippen LogP contribution in [-0.2, 0) is 21.2 Å². The van der Waals surface area contributed by atoms with Gasteiger partial charge in [-0.25, -0.2) is 8.42 Å². The van der Waals surface area contributed by atoms with Gasteiger partial charge in [0.05, 0.1) is 6.42 Å². The topological polar surface area (TPSA) is 83.7 Å². The highest BCUT2D eigenvalue weighted by Crippen LogP contribution is 2.29. The van der Waals surface area contributed by atoms with Crippen molar-refractivity contribution >= 4 is 27.3 Å². The maximum absolute atomic E-state index is 12.7. The molecule has 2 atom stereocenters. The van der Waals surface area contributed by atoms with Crippen LogP contribution in [0.1, 0.15) is 37.5 Å². The van der Waals surface area contributed by atoms with Crippen molar-refractivity contribution in [2.75, 3.05) is 26.2 Å². The van der Waals surface area contributed by atoms with Gasteiger partial charge in [0.15, 0.2) is 0 Å². The molecule has 3 heterocycles. The number of likely N-dealkylation sites (tertiary alicyclic amines) is 1. The van der Waals surface area contributed by atoms with Crippen LogP contribution in [0, 0.1) is 5.92 Å². The molecule has 2 aliphatic heterocycles. The quantitative estimate of drug-likeness (QED) is 0.835. The van der Waals surface area contributed by atoms with E-state index in [1.54, 1.807) is 16.4 Å². The van der Waals surface area contributed by atoms with Crippen LogP contribution in [-0.4, -0.2) is 55.8 Å². The van der Waals surface area contributed by atoms with Gasteiger partial charge in [0, 0.05) is 30.6 Å². The zero-order valence-corrected chi connectivity index (χ0v) is 16.3. The van der Waals surface area contributed by atoms with Crippen molar-refractivity contribution in [1.82, 2.24) is 9.21 Å². The van der Waals surface area contributed by atoms with Crippen LogP contribution in [0.15, 0.2) is 16.3 Å². The number of piperidine rings is 1. The van der Waals surface area contributed by atoms with Crippen LogP contribution in [0.3, 0.4) is 0 Å². The molecule has 0 bridgehead atoms. The predicted molar refractivity (Wildman–Crippen MR) is 99.0 cm³/mol. The Morgan fingerprint density at radius 2 is 2.00 bits per heavy atom. The molecule has 0 saturated carbocycles. The van der Waals surface area contributed by atoms with Gasteiger partial charge in [-0.05, 0) is 50.8 Å². The van der Waals surface area contributed by atoms with Crippen LogP contribution in [0.5, 0.6) is 0 Å². The van der Waals surface area contributed by atoms with E-state index in [9.17, 15) is 13.2 Å². The fraction of sp³-hybridized carbons (Fsp3) is 0.706. The van der Waals surface area contributed by atoms with Gasteiger partial charge in [-0.3, -0.25) is 4.79 Å². The Morgan fingerprint density at radius 1 is 1.28 bits per heavy atom. The standard InChI is InChI=1S/C17H27N3O3S2/c1-13-9-14(11-18)12-20(13)16(21)10-15-5-6-17(24-15)25(22,23)19-7-3-2-4-8-19/h5-6,13-14H,2-4,7-12,18H2,1H3. The van der Waals surface area contributed by atoms with Crippen LogP contribution in [0.2, 0.25) is 0 Å². The molecule has 2 unspecified atom stereocenters. The summed E-state index contributed by atoms with van der Waals surface area (Å²) >= 11 is 1.23. The first-order valence-electron chi connectivity index (χ1n) is 9.00. The molecule has 2 aliphatic rings. The zero-order chi connectivity index (χ0) is 18.0. The van der Waals surface area contributed by atoms with E-state index in [0.717, 1.165) is 30.6 Å². The van der Waals surface area contributed by atoms with E-state index < -0.39 is 10.0 Å². The maximum Gasteiger partial charge on any atom is 0.252 e. The summed E-state index contributed by atoms with van der Waals surface area (Å²) in [5.41, 5.74) is 5.73. The summed E-state index contributed by atoms with van der Waals surface area (Å²) in [7, 11) is -3.41. The van der Waals surface area contributed by atoms with Gasteiger partial charge < -0.3 is 10.6 Å². The van der Waals surface area contributed by atoms with Crippen molar-refractivity contribution < 1.29 is 13.2 Å². The van der Waals surface area contributed by atoms with Crippen molar-refractivity contribution in [3.05, 3.63) is 17.0 Å². The molecule has 0 radical (unpaired) electrons. The van der Waals surface area contributed by atoms with Crippen molar-refractivity contribution in [2.24, 2.45) is 11.7 Å². The Balaban J connectivity index is 1.66. The van der Waals surface area contributed by atoms with Crippen molar-refractivity contribution in [1.29, 1.82) is 0 Å². The number of nitrogens with two attached hydrogens (primary N) is 1. The molecular formula is C17H27N3O3S2. The van der Waals surface area contributed by atoms with Crippen LogP contribution in [0.4, 0.5) is 0 Å². The zero-order valence-electron chi connectivity index (χ0n) is 14.7. The summed E-state index contributed by atoms with van der Waals surface area (Å²) in [5.74, 6) is 0.435. The highest BCUT2D eigenvalue weighted by atomic mass is 32.2. The second kappa shape index (κ2) is 7.73. The lowest BCUT2D eigenvalue weighted by Gasteiger charge is -2.25. The molecule has 3 rings (SSSR count). The molecule has 0 spiro atoms. The number of hydrogen-bond acceptors (Lipinski definition) is 5. The number of carbonyl (C=O) groups excluding carboxylic acids is 1. The summed E-state index contributed by atoms with van der Waals surface area (Å²) in [5, 5.41) is 0. The SMILES string of the molecule is CC1CC(CN)CN1C(=O)Cc1ccc(S(=O)(=O)N2CCCCC2)s1. The third-order valence-corrected chi connectivity index (χ3v) is 8.64. The molecule has 0 aliphatic carbocycles. The summed E-state index contributed by atoms with van der Waals surface area (Å²) in [6, 6.07) is 3.63. The minimum Gasteiger partial charge on any atom is -0.339 e. The number of sulfonamides is 1. The molecule has 1 aromatic rings. The van der Waals surface area contributed by atoms with E-state index in [1.807, 2.05) is 11.8 Å². The molecule has 2 N–H and O–H groups in total. The van der Waals surface area contributed by atoms with E-state index in [0.29, 0.717) is 36.3 Å². The van der Waals surface area contributed by atoms with Gasteiger partial charge in [-0.15, -0.1) is 11.3 Å². The lowest BCUT2D eigenvalue weighted by Crippen LogP contribution is -2.35. The fourth-order valence-corrected chi connectivity index (χ4v) is 6.75. The first kappa shape index (κ1) is 18.8. The summed E-state index contributed by atoms with van der Waals surface area (Å²) in [4.78, 5) is 15.3. The predicted octanol–water partition coefficient (Wildman–Crippen LogP) is 1.66. The van der Waals surface area contributed by atoms with Crippen molar-refractivity contribution in [3.63, 3.8) is 0 Å². The van der Waals surface area contributed by atoms with E-state index in [4.69, 9.17) is 5.73 Å². The minimum atomic E-state index is -3.41. The Kier molecular flexibility index (Phi) is 5.82. The van der Waals surface area contributed by atoms with Crippen LogP contribution >= 0.6 is 11.3 Å². The highest BCUT2D eigenvalue weighted by molar-refractivity contribution is 7.91. The molecular weight excluding hydrogens is 358 g/mol. The molecule has 2 saturated heterocycles. The molecule has 2 fully saturated rings. The molecule has 140 valence electrons. The highest BCUT2D eigenvalue weighted by Gasteiger charge is 2.32. The van der Waals surface area contributed by atoms with E-state index in [2.05, 4.69) is 0 Å². The Hall–Kier alpha value is -0.960. The van der Waals surface area contributed by atoms with Crippen LogP contribution in [0.25, 0.3) is 0 Å². The minimum absolute atomic E-state index is 0.0622. The van der Waals surface area contributed by atoms with Gasteiger partial charge in [-0.1, -0.05) is 6.42 Å². The average Bonchev–Trinajstić information content (AvgIpc) is 3.22. The van der Waals surface area contributed by atoms with E-state index in [1.165, 1.54) is 11.3 Å². The number of carbonyl (C=O) groups is 1. The number of hydrogen-bond donors (Lipinski definition) is 1. The Labute approximate surface area is 154 Å². The van der Waals surface area contributed by atoms with Gasteiger partial charge in [0.25, 0.3) is 10.0 Å². The monoisotopic (exact) mass is 385 g/mol. The van der Waals surface area contributed by atoms with Gasteiger partial charge >= 0.3 is 0 Å². The molecule has 8 heteroatoms. The largest absolute Gasteiger partial charge is 0.339 e. The van der Waals surface area contributed by atoms with Gasteiger partial charge in [0.2, 0.25) is 5.91 Å². The summed E-state index contributed by atoms with van der Waals surface area (Å²) in [6.45, 7) is 4.56. The van der Waals surface area contributed by atoms with Gasteiger partial charge in [0.1, 0.15) is 4.21 Å². The average molecular weight is 386 g/mol. The molecule has 0 aromatic carbocycles. The smallest absolute Gasteiger partial charge is 0.252 e. The van der Waals surface area contributed by atoms with E-state index in [-0.39, 0.29) is 18.4 Å². The second-order valence-corrected chi connectivity index (χ2v) is 10.4. The Morgan fingerprint density at radius 3 is 2.64 bits per heavy atom. The van der Waals surface area contributed by atoms with E-state index >= 15 is 0 Å². The summed E-state index contributed by atoms with van der Waals surface area (Å²) in [6.07, 6.45) is 4.15.